The first-order valence-corrected chi connectivity index (χ1v) is 8.47. The monoisotopic (exact) mass is 392 g/mol. The molecule has 11 heteroatoms. The Bertz CT molecular complexity index is 920. The van der Waals surface area contributed by atoms with Crippen LogP contribution in [0.3, 0.4) is 0 Å². The minimum atomic E-state index is -4.71. The van der Waals surface area contributed by atoms with Crippen LogP contribution in [0.2, 0.25) is 0 Å². The number of hydrazine groups is 1. The SMILES string of the molecule is C[C@H](Oc1ccc(F)cc1)C(=O)NNS(=O)(=O)c1ccc(F)c(F)c1F. The Kier molecular flexibility index (Phi) is 5.83. The lowest BCUT2D eigenvalue weighted by molar-refractivity contribution is -0.127. The summed E-state index contributed by atoms with van der Waals surface area (Å²) in [4.78, 5) is 12.2. The van der Waals surface area contributed by atoms with Crippen LogP contribution in [0.4, 0.5) is 17.6 Å². The van der Waals surface area contributed by atoms with Crippen molar-refractivity contribution in [3.63, 3.8) is 0 Å². The van der Waals surface area contributed by atoms with Gasteiger partial charge in [0.2, 0.25) is 0 Å². The Morgan fingerprint density at radius 1 is 1.00 bits per heavy atom. The van der Waals surface area contributed by atoms with E-state index in [-0.39, 0.29) is 5.75 Å². The first-order chi connectivity index (χ1) is 12.1. The second-order valence-electron chi connectivity index (χ2n) is 4.98. The van der Waals surface area contributed by atoms with E-state index in [1.54, 1.807) is 10.3 Å². The summed E-state index contributed by atoms with van der Waals surface area (Å²) in [5.74, 6) is -6.80. The standard InChI is InChI=1S/C15H12F4N2O4S/c1-8(25-10-4-2-9(16)3-5-10)15(22)20-21-26(23,24)12-7-6-11(17)13(18)14(12)19/h2-8,21H,1H3,(H,20,22)/t8-/m0/s1. The van der Waals surface area contributed by atoms with Gasteiger partial charge in [0.25, 0.3) is 15.9 Å². The lowest BCUT2D eigenvalue weighted by atomic mass is 10.3. The summed E-state index contributed by atoms with van der Waals surface area (Å²) in [5.41, 5.74) is 1.76. The fraction of sp³-hybridized carbons (Fsp3) is 0.133. The molecule has 0 bridgehead atoms. The van der Waals surface area contributed by atoms with Gasteiger partial charge in [-0.25, -0.2) is 26.0 Å². The zero-order chi connectivity index (χ0) is 19.5. The molecule has 0 aliphatic carbocycles. The van der Waals surface area contributed by atoms with Crippen molar-refractivity contribution in [3.8, 4) is 5.75 Å². The van der Waals surface area contributed by atoms with Crippen LogP contribution >= 0.6 is 0 Å². The first-order valence-electron chi connectivity index (χ1n) is 6.99. The van der Waals surface area contributed by atoms with Crippen molar-refractivity contribution in [1.82, 2.24) is 10.3 Å². The van der Waals surface area contributed by atoms with Gasteiger partial charge in [0, 0.05) is 0 Å². The van der Waals surface area contributed by atoms with Crippen LogP contribution < -0.4 is 15.0 Å². The number of nitrogens with one attached hydrogen (secondary N) is 2. The molecular formula is C15H12F4N2O4S. The summed E-state index contributed by atoms with van der Waals surface area (Å²) in [6.45, 7) is 1.27. The molecule has 0 radical (unpaired) electrons. The summed E-state index contributed by atoms with van der Waals surface area (Å²) in [6, 6.07) is 5.61. The predicted octanol–water partition coefficient (Wildman–Crippen LogP) is 2.02. The third kappa shape index (κ3) is 4.49. The van der Waals surface area contributed by atoms with Gasteiger partial charge in [0.15, 0.2) is 23.6 Å². The van der Waals surface area contributed by atoms with Crippen LogP contribution in [0.1, 0.15) is 6.92 Å². The molecule has 0 saturated carbocycles. The summed E-state index contributed by atoms with van der Waals surface area (Å²) in [5, 5.41) is 0. The highest BCUT2D eigenvalue weighted by Gasteiger charge is 2.25. The number of hydrogen-bond acceptors (Lipinski definition) is 4. The smallest absolute Gasteiger partial charge is 0.275 e. The predicted molar refractivity (Wildman–Crippen MR) is 81.3 cm³/mol. The molecule has 26 heavy (non-hydrogen) atoms. The zero-order valence-corrected chi connectivity index (χ0v) is 13.9. The quantitative estimate of drug-likeness (QED) is 0.448. The normalized spacial score (nSPS) is 12.5. The summed E-state index contributed by atoms with van der Waals surface area (Å²) < 4.78 is 81.3. The lowest BCUT2D eigenvalue weighted by Gasteiger charge is -2.15. The number of hydrogen-bond donors (Lipinski definition) is 2. The van der Waals surface area contributed by atoms with E-state index in [0.29, 0.717) is 12.1 Å². The van der Waals surface area contributed by atoms with Crippen molar-refractivity contribution >= 4 is 15.9 Å². The molecule has 0 fully saturated rings. The molecule has 0 aromatic heterocycles. The molecule has 2 rings (SSSR count). The average molecular weight is 392 g/mol. The Hall–Kier alpha value is -2.66. The van der Waals surface area contributed by atoms with Gasteiger partial charge in [-0.15, -0.1) is 4.83 Å². The molecule has 0 spiro atoms. The van der Waals surface area contributed by atoms with Crippen molar-refractivity contribution in [1.29, 1.82) is 0 Å². The molecule has 2 N–H and O–H groups in total. The molecule has 0 saturated heterocycles. The van der Waals surface area contributed by atoms with Crippen molar-refractivity contribution in [2.75, 3.05) is 0 Å². The third-order valence-electron chi connectivity index (χ3n) is 3.09. The average Bonchev–Trinajstić information content (AvgIpc) is 2.59. The van der Waals surface area contributed by atoms with Gasteiger partial charge in [-0.1, -0.05) is 0 Å². The number of halogens is 4. The summed E-state index contributed by atoms with van der Waals surface area (Å²) in [6.07, 6.45) is -1.21. The minimum absolute atomic E-state index is 0.142. The second-order valence-corrected chi connectivity index (χ2v) is 6.63. The number of rotatable bonds is 6. The molecule has 140 valence electrons. The Labute approximate surface area is 145 Å². The van der Waals surface area contributed by atoms with E-state index in [2.05, 4.69) is 0 Å². The van der Waals surface area contributed by atoms with Crippen molar-refractivity contribution in [3.05, 3.63) is 59.7 Å². The summed E-state index contributed by atoms with van der Waals surface area (Å²) in [7, 11) is -4.71. The molecule has 0 aliphatic heterocycles. The van der Waals surface area contributed by atoms with E-state index in [9.17, 15) is 30.8 Å². The van der Waals surface area contributed by atoms with Crippen LogP contribution in [-0.2, 0) is 14.8 Å². The third-order valence-corrected chi connectivity index (χ3v) is 4.36. The minimum Gasteiger partial charge on any atom is -0.481 e. The van der Waals surface area contributed by atoms with Crippen LogP contribution in [0.5, 0.6) is 5.75 Å². The van der Waals surface area contributed by atoms with E-state index in [4.69, 9.17) is 4.74 Å². The summed E-state index contributed by atoms with van der Waals surface area (Å²) >= 11 is 0. The molecule has 0 heterocycles. The van der Waals surface area contributed by atoms with Crippen LogP contribution in [0.25, 0.3) is 0 Å². The van der Waals surface area contributed by atoms with Crippen LogP contribution in [-0.4, -0.2) is 20.4 Å². The molecule has 1 amide bonds. The molecular weight excluding hydrogens is 380 g/mol. The number of amides is 1. The molecule has 0 unspecified atom stereocenters. The van der Waals surface area contributed by atoms with Crippen molar-refractivity contribution in [2.24, 2.45) is 0 Å². The Balaban J connectivity index is 2.03. The lowest BCUT2D eigenvalue weighted by Crippen LogP contribution is -2.47. The fourth-order valence-electron chi connectivity index (χ4n) is 1.76. The highest BCUT2D eigenvalue weighted by Crippen LogP contribution is 2.19. The van der Waals surface area contributed by atoms with Gasteiger partial charge in [0.1, 0.15) is 16.5 Å². The van der Waals surface area contributed by atoms with Gasteiger partial charge in [0.05, 0.1) is 0 Å². The largest absolute Gasteiger partial charge is 0.481 e. The Morgan fingerprint density at radius 2 is 1.62 bits per heavy atom. The van der Waals surface area contributed by atoms with Crippen LogP contribution in [0.15, 0.2) is 41.3 Å². The van der Waals surface area contributed by atoms with Gasteiger partial charge in [-0.2, -0.15) is 0 Å². The van der Waals surface area contributed by atoms with Gasteiger partial charge in [-0.05, 0) is 43.3 Å². The first kappa shape index (κ1) is 19.7. The Morgan fingerprint density at radius 3 is 2.23 bits per heavy atom. The number of sulfonamides is 1. The number of carbonyl (C=O) groups is 1. The maximum absolute atomic E-state index is 13.6. The highest BCUT2D eigenvalue weighted by molar-refractivity contribution is 7.89. The van der Waals surface area contributed by atoms with E-state index in [0.717, 1.165) is 12.1 Å². The van der Waals surface area contributed by atoms with Gasteiger partial charge >= 0.3 is 0 Å². The molecule has 0 aliphatic rings. The van der Waals surface area contributed by atoms with E-state index in [1.807, 2.05) is 0 Å². The highest BCUT2D eigenvalue weighted by atomic mass is 32.2. The van der Waals surface area contributed by atoms with Crippen molar-refractivity contribution in [2.45, 2.75) is 17.9 Å². The van der Waals surface area contributed by atoms with Crippen LogP contribution in [0, 0.1) is 23.3 Å². The molecule has 1 atom stereocenters. The number of ether oxygens (including phenoxy) is 1. The topological polar surface area (TPSA) is 84.5 Å². The fourth-order valence-corrected chi connectivity index (χ4v) is 2.68. The van der Waals surface area contributed by atoms with E-state index < -0.39 is 50.2 Å². The zero-order valence-electron chi connectivity index (χ0n) is 13.1. The van der Waals surface area contributed by atoms with E-state index in [1.165, 1.54) is 19.1 Å². The second kappa shape index (κ2) is 7.70. The molecule has 2 aromatic carbocycles. The maximum Gasteiger partial charge on any atom is 0.275 e. The van der Waals surface area contributed by atoms with E-state index >= 15 is 0 Å². The maximum atomic E-state index is 13.6. The van der Waals surface area contributed by atoms with Gasteiger partial charge in [-0.3, -0.25) is 10.2 Å². The molecule has 2 aromatic rings. The number of carbonyl (C=O) groups excluding carboxylic acids is 1. The van der Waals surface area contributed by atoms with Crippen molar-refractivity contribution < 1.29 is 35.5 Å². The number of benzene rings is 2. The molecule has 6 nitrogen and oxygen atoms in total. The van der Waals surface area contributed by atoms with Gasteiger partial charge < -0.3 is 4.74 Å².